The molecule has 0 bridgehead atoms. The van der Waals surface area contributed by atoms with Gasteiger partial charge in [-0.25, -0.2) is 0 Å². The number of hydrogen-bond acceptors (Lipinski definition) is 12. The fourth-order valence-electron chi connectivity index (χ4n) is 3.08. The van der Waals surface area contributed by atoms with Gasteiger partial charge in [-0.05, 0) is 23.8 Å². The van der Waals surface area contributed by atoms with E-state index in [0.717, 1.165) is 0 Å². The maximum atomic E-state index is 13.3. The zero-order chi connectivity index (χ0) is 27.8. The molecule has 0 amide bonds. The standard InChI is InChI=1S/C26H34O12/c1-28-13-34-19-11-21(33-6)25(22(12-19)35-14-29-2)20(27)8-7-18-9-23(36-15-30-3)26(38-17-32-5)24(10-18)37-16-31-4/h7-12H,13-17H2,1-6H3/b8-7+. The Hall–Kier alpha value is -3.55. The Balaban J connectivity index is 2.48. The van der Waals surface area contributed by atoms with E-state index in [9.17, 15) is 4.79 Å². The van der Waals surface area contributed by atoms with E-state index in [-0.39, 0.29) is 56.8 Å². The van der Waals surface area contributed by atoms with Crippen molar-refractivity contribution in [1.29, 1.82) is 0 Å². The van der Waals surface area contributed by atoms with Crippen LogP contribution in [-0.4, -0.2) is 82.4 Å². The van der Waals surface area contributed by atoms with Crippen LogP contribution >= 0.6 is 0 Å². The number of ketones is 1. The number of methoxy groups -OCH3 is 6. The fourth-order valence-corrected chi connectivity index (χ4v) is 3.08. The number of ether oxygens (including phenoxy) is 11. The molecule has 2 aromatic rings. The molecule has 2 rings (SSSR count). The largest absolute Gasteiger partial charge is 0.496 e. The summed E-state index contributed by atoms with van der Waals surface area (Å²) in [4.78, 5) is 13.3. The number of allylic oxidation sites excluding steroid dienone is 1. The summed E-state index contributed by atoms with van der Waals surface area (Å²) in [6, 6.07) is 6.44. The molecule has 0 atom stereocenters. The zero-order valence-electron chi connectivity index (χ0n) is 22.4. The van der Waals surface area contributed by atoms with Crippen molar-refractivity contribution < 1.29 is 56.9 Å². The van der Waals surface area contributed by atoms with Gasteiger partial charge in [0.2, 0.25) is 5.75 Å². The molecule has 12 nitrogen and oxygen atoms in total. The lowest BCUT2D eigenvalue weighted by atomic mass is 10.1. The van der Waals surface area contributed by atoms with E-state index in [1.54, 1.807) is 30.3 Å². The minimum absolute atomic E-state index is 0.00507. The number of carbonyl (C=O) groups excluding carboxylic acids is 1. The predicted octanol–water partition coefficient (Wildman–Crippen LogP) is 3.50. The van der Waals surface area contributed by atoms with Crippen molar-refractivity contribution in [3.8, 4) is 34.5 Å². The van der Waals surface area contributed by atoms with Crippen LogP contribution in [0.2, 0.25) is 0 Å². The first-order chi connectivity index (χ1) is 18.5. The number of hydrogen-bond donors (Lipinski definition) is 0. The van der Waals surface area contributed by atoms with Crippen LogP contribution in [0.1, 0.15) is 15.9 Å². The average Bonchev–Trinajstić information content (AvgIpc) is 2.94. The van der Waals surface area contributed by atoms with Crippen LogP contribution in [-0.2, 0) is 23.7 Å². The van der Waals surface area contributed by atoms with E-state index in [0.29, 0.717) is 22.8 Å². The molecule has 0 spiro atoms. The molecule has 0 aromatic heterocycles. The van der Waals surface area contributed by atoms with E-state index in [4.69, 9.17) is 52.1 Å². The highest BCUT2D eigenvalue weighted by Gasteiger charge is 2.20. The maximum absolute atomic E-state index is 13.3. The second-order valence-corrected chi connectivity index (χ2v) is 7.30. The van der Waals surface area contributed by atoms with E-state index < -0.39 is 5.78 Å². The summed E-state index contributed by atoms with van der Waals surface area (Å²) in [5.74, 6) is 1.36. The molecule has 0 heterocycles. The molecule has 0 saturated carbocycles. The quantitative estimate of drug-likeness (QED) is 0.148. The minimum atomic E-state index is -0.398. The lowest BCUT2D eigenvalue weighted by molar-refractivity contribution is 0.0218. The second-order valence-electron chi connectivity index (χ2n) is 7.30. The molecule has 0 saturated heterocycles. The van der Waals surface area contributed by atoms with Gasteiger partial charge in [-0.1, -0.05) is 6.08 Å². The minimum Gasteiger partial charge on any atom is -0.496 e. The van der Waals surface area contributed by atoms with E-state index >= 15 is 0 Å². The third-order valence-corrected chi connectivity index (χ3v) is 4.64. The van der Waals surface area contributed by atoms with Crippen LogP contribution < -0.4 is 28.4 Å². The first kappa shape index (κ1) is 30.7. The molecule has 0 fully saturated rings. The number of benzene rings is 2. The van der Waals surface area contributed by atoms with Crippen LogP contribution in [0.4, 0.5) is 0 Å². The third-order valence-electron chi connectivity index (χ3n) is 4.64. The van der Waals surface area contributed by atoms with Gasteiger partial charge in [0, 0.05) is 47.7 Å². The Morgan fingerprint density at radius 3 is 1.61 bits per heavy atom. The summed E-state index contributed by atoms with van der Waals surface area (Å²) in [5.41, 5.74) is 0.746. The Kier molecular flexibility index (Phi) is 13.8. The fraction of sp³-hybridized carbons (Fsp3) is 0.423. The van der Waals surface area contributed by atoms with Gasteiger partial charge in [-0.2, -0.15) is 0 Å². The lowest BCUT2D eigenvalue weighted by Gasteiger charge is -2.17. The molecule has 0 N–H and O–H groups in total. The summed E-state index contributed by atoms with van der Waals surface area (Å²) in [6.45, 7) is -0.230. The van der Waals surface area contributed by atoms with E-state index in [1.807, 2.05) is 0 Å². The van der Waals surface area contributed by atoms with Gasteiger partial charge in [0.15, 0.2) is 51.2 Å². The summed E-state index contributed by atoms with van der Waals surface area (Å²) < 4.78 is 58.5. The van der Waals surface area contributed by atoms with E-state index in [1.165, 1.54) is 48.7 Å². The van der Waals surface area contributed by atoms with Crippen molar-refractivity contribution in [3.05, 3.63) is 41.5 Å². The molecule has 12 heteroatoms. The van der Waals surface area contributed by atoms with Crippen LogP contribution in [0.5, 0.6) is 34.5 Å². The van der Waals surface area contributed by atoms with Gasteiger partial charge >= 0.3 is 0 Å². The van der Waals surface area contributed by atoms with Crippen molar-refractivity contribution in [2.45, 2.75) is 0 Å². The summed E-state index contributed by atoms with van der Waals surface area (Å²) in [6.07, 6.45) is 2.94. The predicted molar refractivity (Wildman–Crippen MR) is 135 cm³/mol. The van der Waals surface area contributed by atoms with Crippen molar-refractivity contribution in [1.82, 2.24) is 0 Å². The Morgan fingerprint density at radius 1 is 0.605 bits per heavy atom. The van der Waals surface area contributed by atoms with Crippen LogP contribution in [0.15, 0.2) is 30.3 Å². The molecule has 0 aliphatic heterocycles. The van der Waals surface area contributed by atoms with Crippen LogP contribution in [0.3, 0.4) is 0 Å². The number of carbonyl (C=O) groups is 1. The summed E-state index contributed by atoms with van der Waals surface area (Å²) >= 11 is 0. The van der Waals surface area contributed by atoms with Crippen LogP contribution in [0, 0.1) is 0 Å². The second kappa shape index (κ2) is 17.1. The topological polar surface area (TPSA) is 119 Å². The van der Waals surface area contributed by atoms with Crippen molar-refractivity contribution in [2.75, 3.05) is 76.6 Å². The highest BCUT2D eigenvalue weighted by atomic mass is 16.7. The molecular formula is C26H34O12. The maximum Gasteiger partial charge on any atom is 0.206 e. The SMILES string of the molecule is COCOc1cc(OC)c(C(=O)/C=C/c2cc(OCOC)c(OCOC)c(OCOC)c2)c(OCOC)c1. The summed E-state index contributed by atoms with van der Waals surface area (Å²) in [5, 5.41) is 0. The normalized spacial score (nSPS) is 10.9. The van der Waals surface area contributed by atoms with Gasteiger partial charge in [0.05, 0.1) is 7.11 Å². The first-order valence-electron chi connectivity index (χ1n) is 11.2. The molecule has 38 heavy (non-hydrogen) atoms. The highest BCUT2D eigenvalue weighted by molar-refractivity contribution is 6.10. The molecule has 0 aliphatic carbocycles. The highest BCUT2D eigenvalue weighted by Crippen LogP contribution is 2.40. The number of rotatable bonds is 19. The average molecular weight is 539 g/mol. The molecule has 210 valence electrons. The smallest absolute Gasteiger partial charge is 0.206 e. The van der Waals surface area contributed by atoms with Crippen LogP contribution in [0.25, 0.3) is 6.08 Å². The zero-order valence-corrected chi connectivity index (χ0v) is 22.4. The van der Waals surface area contributed by atoms with E-state index in [2.05, 4.69) is 0 Å². The van der Waals surface area contributed by atoms with Gasteiger partial charge in [-0.3, -0.25) is 4.79 Å². The van der Waals surface area contributed by atoms with Crippen molar-refractivity contribution in [2.24, 2.45) is 0 Å². The van der Waals surface area contributed by atoms with Crippen molar-refractivity contribution in [3.63, 3.8) is 0 Å². The van der Waals surface area contributed by atoms with Crippen molar-refractivity contribution >= 4 is 11.9 Å². The Labute approximate surface area is 221 Å². The molecular weight excluding hydrogens is 504 g/mol. The van der Waals surface area contributed by atoms with Gasteiger partial charge in [0.1, 0.15) is 22.8 Å². The summed E-state index contributed by atoms with van der Waals surface area (Å²) in [7, 11) is 8.87. The lowest BCUT2D eigenvalue weighted by Crippen LogP contribution is -2.09. The molecule has 0 unspecified atom stereocenters. The Bertz CT molecular complexity index is 1010. The molecule has 0 aliphatic rings. The monoisotopic (exact) mass is 538 g/mol. The Morgan fingerprint density at radius 2 is 1.08 bits per heavy atom. The third kappa shape index (κ3) is 9.08. The van der Waals surface area contributed by atoms with Gasteiger partial charge < -0.3 is 52.1 Å². The molecule has 2 aromatic carbocycles. The first-order valence-corrected chi connectivity index (χ1v) is 11.2. The van der Waals surface area contributed by atoms with Gasteiger partial charge in [-0.15, -0.1) is 0 Å². The van der Waals surface area contributed by atoms with Gasteiger partial charge in [0.25, 0.3) is 0 Å². The molecule has 0 radical (unpaired) electrons.